The van der Waals surface area contributed by atoms with Crippen LogP contribution < -0.4 is 11.1 Å². The number of hydrogen-bond donors (Lipinski definition) is 3. The van der Waals surface area contributed by atoms with E-state index in [2.05, 4.69) is 5.32 Å². The highest BCUT2D eigenvalue weighted by molar-refractivity contribution is 5.42. The first kappa shape index (κ1) is 9.43. The molecule has 14 heavy (non-hydrogen) atoms. The highest BCUT2D eigenvalue weighted by atomic mass is 19.1. The quantitative estimate of drug-likeness (QED) is 0.576. The van der Waals surface area contributed by atoms with Crippen LogP contribution in [0.25, 0.3) is 0 Å². The van der Waals surface area contributed by atoms with Gasteiger partial charge in [0.1, 0.15) is 11.4 Å². The van der Waals surface area contributed by atoms with Gasteiger partial charge in [-0.3, -0.25) is 0 Å². The molecule has 4 heteroatoms. The number of hydrogen-bond acceptors (Lipinski definition) is 3. The second-order valence-corrected chi connectivity index (χ2v) is 3.70. The average Bonchev–Trinajstić information content (AvgIpc) is 2.52. The van der Waals surface area contributed by atoms with Crippen LogP contribution in [0.3, 0.4) is 0 Å². The Labute approximate surface area is 81.7 Å². The normalized spacial score (nSPS) is 26.7. The van der Waals surface area contributed by atoms with E-state index in [4.69, 9.17) is 5.73 Å². The number of nitrogens with one attached hydrogen (secondary N) is 1. The summed E-state index contributed by atoms with van der Waals surface area (Å²) in [5.41, 5.74) is 5.07. The van der Waals surface area contributed by atoms with Gasteiger partial charge in [-0.05, 0) is 25.1 Å². The zero-order valence-corrected chi connectivity index (χ0v) is 7.76. The molecule has 1 fully saturated rings. The summed E-state index contributed by atoms with van der Waals surface area (Å²) in [6.07, 6.45) is 0.536. The first-order valence-electron chi connectivity index (χ1n) is 4.60. The van der Waals surface area contributed by atoms with Crippen molar-refractivity contribution in [1.29, 1.82) is 0 Å². The molecule has 2 rings (SSSR count). The topological polar surface area (TPSA) is 58.3 Å². The van der Waals surface area contributed by atoms with Gasteiger partial charge in [0.25, 0.3) is 0 Å². The fourth-order valence-electron chi connectivity index (χ4n) is 1.82. The molecule has 1 aliphatic rings. The molecule has 1 aromatic carbocycles. The molecule has 1 aromatic rings. The largest absolute Gasteiger partial charge is 0.399 e. The lowest BCUT2D eigenvalue weighted by Gasteiger charge is -2.22. The van der Waals surface area contributed by atoms with E-state index in [-0.39, 0.29) is 0 Å². The molecule has 0 radical (unpaired) electrons. The third-order valence-electron chi connectivity index (χ3n) is 2.63. The van der Waals surface area contributed by atoms with E-state index < -0.39 is 11.4 Å². The van der Waals surface area contributed by atoms with Gasteiger partial charge in [0, 0.05) is 17.8 Å². The van der Waals surface area contributed by atoms with Crippen LogP contribution in [0, 0.1) is 5.82 Å². The van der Waals surface area contributed by atoms with Crippen molar-refractivity contribution in [3.63, 3.8) is 0 Å². The number of β-amino-alcohol motifs (C(OH)–C–C–N with tert-alkyl or cyclic N) is 1. The number of benzene rings is 1. The second kappa shape index (κ2) is 3.22. The highest BCUT2D eigenvalue weighted by Crippen LogP contribution is 2.30. The summed E-state index contributed by atoms with van der Waals surface area (Å²) in [5.74, 6) is -0.434. The molecule has 0 aromatic heterocycles. The fourth-order valence-corrected chi connectivity index (χ4v) is 1.82. The van der Waals surface area contributed by atoms with Gasteiger partial charge < -0.3 is 16.2 Å². The maximum absolute atomic E-state index is 13.5. The Morgan fingerprint density at radius 2 is 2.29 bits per heavy atom. The SMILES string of the molecule is Nc1ccc(C2(O)CCNC2)c(F)c1. The number of nitrogens with two attached hydrogens (primary N) is 1. The molecule has 1 heterocycles. The molecule has 3 nitrogen and oxygen atoms in total. The van der Waals surface area contributed by atoms with Crippen LogP contribution in [0.15, 0.2) is 18.2 Å². The van der Waals surface area contributed by atoms with E-state index in [1.54, 1.807) is 12.1 Å². The van der Waals surface area contributed by atoms with Crippen LogP contribution in [-0.2, 0) is 5.60 Å². The maximum Gasteiger partial charge on any atom is 0.131 e. The van der Waals surface area contributed by atoms with Crippen molar-refractivity contribution in [2.75, 3.05) is 18.8 Å². The lowest BCUT2D eigenvalue weighted by molar-refractivity contribution is 0.0549. The Morgan fingerprint density at radius 3 is 2.86 bits per heavy atom. The Hall–Kier alpha value is -1.13. The van der Waals surface area contributed by atoms with E-state index in [1.807, 2.05) is 0 Å². The smallest absolute Gasteiger partial charge is 0.131 e. The van der Waals surface area contributed by atoms with E-state index in [0.29, 0.717) is 30.8 Å². The number of aliphatic hydroxyl groups is 1. The summed E-state index contributed by atoms with van der Waals surface area (Å²) < 4.78 is 13.5. The molecule has 0 saturated carbocycles. The summed E-state index contributed by atoms with van der Waals surface area (Å²) in [6.45, 7) is 1.11. The lowest BCUT2D eigenvalue weighted by atomic mass is 9.92. The minimum atomic E-state index is -1.07. The monoisotopic (exact) mass is 196 g/mol. The van der Waals surface area contributed by atoms with Crippen LogP contribution in [0.5, 0.6) is 0 Å². The molecule has 4 N–H and O–H groups in total. The van der Waals surface area contributed by atoms with Crippen molar-refractivity contribution < 1.29 is 9.50 Å². The predicted octanol–water partition coefficient (Wildman–Crippen LogP) is 0.589. The minimum absolute atomic E-state index is 0.330. The van der Waals surface area contributed by atoms with E-state index in [1.165, 1.54) is 6.07 Å². The molecule has 1 unspecified atom stereocenters. The summed E-state index contributed by atoms with van der Waals surface area (Å²) in [4.78, 5) is 0. The van der Waals surface area contributed by atoms with Gasteiger partial charge in [0.2, 0.25) is 0 Å². The highest BCUT2D eigenvalue weighted by Gasteiger charge is 2.35. The van der Waals surface area contributed by atoms with E-state index >= 15 is 0 Å². The molecule has 1 atom stereocenters. The molecule has 1 aliphatic heterocycles. The Bertz CT molecular complexity index is 348. The Morgan fingerprint density at radius 1 is 1.50 bits per heavy atom. The fraction of sp³-hybridized carbons (Fsp3) is 0.400. The third kappa shape index (κ3) is 1.47. The summed E-state index contributed by atoms with van der Waals surface area (Å²) in [6, 6.07) is 4.40. The molecule has 0 bridgehead atoms. The van der Waals surface area contributed by atoms with Gasteiger partial charge in [0.15, 0.2) is 0 Å². The molecule has 0 spiro atoms. The number of rotatable bonds is 1. The van der Waals surface area contributed by atoms with Gasteiger partial charge in [-0.2, -0.15) is 0 Å². The third-order valence-corrected chi connectivity index (χ3v) is 2.63. The first-order valence-corrected chi connectivity index (χ1v) is 4.60. The van der Waals surface area contributed by atoms with E-state index in [0.717, 1.165) is 0 Å². The number of halogens is 1. The van der Waals surface area contributed by atoms with Crippen molar-refractivity contribution in [3.05, 3.63) is 29.6 Å². The maximum atomic E-state index is 13.5. The summed E-state index contributed by atoms with van der Waals surface area (Å²) in [5, 5.41) is 13.1. The molecule has 1 saturated heterocycles. The molecular weight excluding hydrogens is 183 g/mol. The van der Waals surface area contributed by atoms with Gasteiger partial charge in [0.05, 0.1) is 0 Å². The van der Waals surface area contributed by atoms with Gasteiger partial charge in [-0.1, -0.05) is 6.07 Å². The van der Waals surface area contributed by atoms with Crippen molar-refractivity contribution in [1.82, 2.24) is 5.32 Å². The van der Waals surface area contributed by atoms with Gasteiger partial charge >= 0.3 is 0 Å². The zero-order chi connectivity index (χ0) is 10.2. The number of anilines is 1. The molecule has 0 amide bonds. The zero-order valence-electron chi connectivity index (χ0n) is 7.76. The van der Waals surface area contributed by atoms with Crippen molar-refractivity contribution in [2.24, 2.45) is 0 Å². The lowest BCUT2D eigenvalue weighted by Crippen LogP contribution is -2.29. The predicted molar refractivity (Wildman–Crippen MR) is 52.2 cm³/mol. The minimum Gasteiger partial charge on any atom is -0.399 e. The first-order chi connectivity index (χ1) is 6.62. The van der Waals surface area contributed by atoms with E-state index in [9.17, 15) is 9.50 Å². The Balaban J connectivity index is 2.40. The standard InChI is InChI=1S/C10H13FN2O/c11-9-5-7(12)1-2-8(9)10(14)3-4-13-6-10/h1-2,5,13-14H,3-4,6,12H2. The van der Waals surface area contributed by atoms with Crippen LogP contribution in [0.4, 0.5) is 10.1 Å². The molecule has 0 aliphatic carbocycles. The molecule has 76 valence electrons. The van der Waals surface area contributed by atoms with Crippen molar-refractivity contribution in [3.8, 4) is 0 Å². The summed E-state index contributed by atoms with van der Waals surface area (Å²) in [7, 11) is 0. The molecular formula is C10H13FN2O. The van der Waals surface area contributed by atoms with Gasteiger partial charge in [-0.15, -0.1) is 0 Å². The summed E-state index contributed by atoms with van der Waals surface area (Å²) >= 11 is 0. The van der Waals surface area contributed by atoms with Gasteiger partial charge in [-0.25, -0.2) is 4.39 Å². The second-order valence-electron chi connectivity index (χ2n) is 3.70. The van der Waals surface area contributed by atoms with Crippen LogP contribution >= 0.6 is 0 Å². The number of nitrogen functional groups attached to an aromatic ring is 1. The van der Waals surface area contributed by atoms with Crippen LogP contribution in [0.1, 0.15) is 12.0 Å². The van der Waals surface area contributed by atoms with Crippen LogP contribution in [0.2, 0.25) is 0 Å². The average molecular weight is 196 g/mol. The Kier molecular flexibility index (Phi) is 2.17. The van der Waals surface area contributed by atoms with Crippen molar-refractivity contribution >= 4 is 5.69 Å². The van der Waals surface area contributed by atoms with Crippen LogP contribution in [-0.4, -0.2) is 18.2 Å². The van der Waals surface area contributed by atoms with Crippen molar-refractivity contribution in [2.45, 2.75) is 12.0 Å².